The van der Waals surface area contributed by atoms with Gasteiger partial charge in [0.25, 0.3) is 0 Å². The molecule has 0 fully saturated rings. The van der Waals surface area contributed by atoms with Gasteiger partial charge in [0.05, 0.1) is 5.56 Å². The Labute approximate surface area is 106 Å². The third-order valence-electron chi connectivity index (χ3n) is 2.50. The predicted molar refractivity (Wildman–Crippen MR) is 63.1 cm³/mol. The first-order valence-corrected chi connectivity index (χ1v) is 5.34. The smallest absolute Gasteiger partial charge is 0.383 e. The number of anilines is 1. The van der Waals surface area contributed by atoms with E-state index >= 15 is 0 Å². The van der Waals surface area contributed by atoms with E-state index in [-0.39, 0.29) is 22.0 Å². The van der Waals surface area contributed by atoms with Gasteiger partial charge >= 0.3 is 6.18 Å². The van der Waals surface area contributed by atoms with Gasteiger partial charge in [0.2, 0.25) is 0 Å². The quantitative estimate of drug-likeness (QED) is 0.867. The highest BCUT2D eigenvalue weighted by Gasteiger charge is 2.39. The summed E-state index contributed by atoms with van der Waals surface area (Å²) < 4.78 is 39.6. The largest absolute Gasteiger partial charge is 0.435 e. The minimum Gasteiger partial charge on any atom is -0.383 e. The second-order valence-corrected chi connectivity index (χ2v) is 4.12. The Balaban J connectivity index is 2.75. The lowest BCUT2D eigenvalue weighted by atomic mass is 10.1. The van der Waals surface area contributed by atoms with E-state index in [4.69, 9.17) is 17.3 Å². The molecule has 96 valence electrons. The van der Waals surface area contributed by atoms with Gasteiger partial charge in [-0.25, -0.2) is 0 Å². The van der Waals surface area contributed by atoms with Crippen LogP contribution in [-0.4, -0.2) is 9.78 Å². The number of nitrogens with two attached hydrogens (primary N) is 1. The highest BCUT2D eigenvalue weighted by atomic mass is 35.5. The van der Waals surface area contributed by atoms with Crippen molar-refractivity contribution in [3.63, 3.8) is 0 Å². The number of benzene rings is 1. The minimum atomic E-state index is -4.58. The molecule has 0 unspecified atom stereocenters. The number of hydrogen-bond donors (Lipinski definition) is 1. The number of nitrogen functional groups attached to an aromatic ring is 1. The van der Waals surface area contributed by atoms with Crippen molar-refractivity contribution in [3.8, 4) is 11.1 Å². The first kappa shape index (κ1) is 12.8. The van der Waals surface area contributed by atoms with Crippen molar-refractivity contribution in [3.05, 3.63) is 35.0 Å². The van der Waals surface area contributed by atoms with E-state index in [1.165, 1.54) is 19.2 Å². The van der Waals surface area contributed by atoms with Gasteiger partial charge in [-0.05, 0) is 6.07 Å². The van der Waals surface area contributed by atoms with Gasteiger partial charge < -0.3 is 5.73 Å². The number of aryl methyl sites for hydroxylation is 1. The van der Waals surface area contributed by atoms with E-state index in [0.29, 0.717) is 0 Å². The van der Waals surface area contributed by atoms with E-state index < -0.39 is 11.9 Å². The van der Waals surface area contributed by atoms with E-state index in [0.717, 1.165) is 4.68 Å². The summed E-state index contributed by atoms with van der Waals surface area (Å²) in [6.07, 6.45) is -4.58. The van der Waals surface area contributed by atoms with Crippen LogP contribution in [0.5, 0.6) is 0 Å². The molecule has 0 aliphatic heterocycles. The van der Waals surface area contributed by atoms with E-state index in [1.54, 1.807) is 12.1 Å². The number of rotatable bonds is 1. The molecule has 0 aliphatic rings. The molecule has 0 saturated heterocycles. The Bertz CT molecular complexity index is 590. The van der Waals surface area contributed by atoms with Crippen molar-refractivity contribution < 1.29 is 13.2 Å². The standard InChI is InChI=1S/C11H9ClF3N3/c1-18-10(16)8(9(17-18)11(13,14)15)6-4-2-3-5-7(6)12/h2-5H,16H2,1H3. The summed E-state index contributed by atoms with van der Waals surface area (Å²) in [5.41, 5.74) is 4.65. The summed E-state index contributed by atoms with van der Waals surface area (Å²) in [5, 5.41) is 3.60. The summed E-state index contributed by atoms with van der Waals surface area (Å²) in [5.74, 6) is -0.0737. The van der Waals surface area contributed by atoms with Gasteiger partial charge in [-0.15, -0.1) is 0 Å². The first-order chi connectivity index (χ1) is 8.32. The number of aromatic nitrogens is 2. The summed E-state index contributed by atoms with van der Waals surface area (Å²) in [7, 11) is 1.35. The van der Waals surface area contributed by atoms with Crippen LogP contribution in [-0.2, 0) is 13.2 Å². The third kappa shape index (κ3) is 2.03. The lowest BCUT2D eigenvalue weighted by Crippen LogP contribution is -2.08. The monoisotopic (exact) mass is 275 g/mol. The van der Waals surface area contributed by atoms with Gasteiger partial charge in [0.15, 0.2) is 5.69 Å². The maximum absolute atomic E-state index is 12.9. The zero-order valence-electron chi connectivity index (χ0n) is 9.29. The zero-order chi connectivity index (χ0) is 13.5. The number of halogens is 4. The van der Waals surface area contributed by atoms with Crippen LogP contribution in [0.4, 0.5) is 19.0 Å². The molecular weight excluding hydrogens is 267 g/mol. The highest BCUT2D eigenvalue weighted by molar-refractivity contribution is 6.33. The summed E-state index contributed by atoms with van der Waals surface area (Å²) in [6, 6.07) is 6.20. The van der Waals surface area contributed by atoms with Gasteiger partial charge in [-0.3, -0.25) is 4.68 Å². The van der Waals surface area contributed by atoms with E-state index in [1.807, 2.05) is 0 Å². The van der Waals surface area contributed by atoms with Crippen molar-refractivity contribution >= 4 is 17.4 Å². The maximum atomic E-state index is 12.9. The van der Waals surface area contributed by atoms with Gasteiger partial charge in [0.1, 0.15) is 5.82 Å². The number of nitrogens with zero attached hydrogens (tertiary/aromatic N) is 2. The normalized spacial score (nSPS) is 11.8. The molecule has 0 saturated carbocycles. The Kier molecular flexibility index (Phi) is 2.98. The average molecular weight is 276 g/mol. The van der Waals surface area contributed by atoms with Crippen LogP contribution in [0.2, 0.25) is 5.02 Å². The molecule has 3 nitrogen and oxygen atoms in total. The van der Waals surface area contributed by atoms with Crippen LogP contribution in [0.15, 0.2) is 24.3 Å². The van der Waals surface area contributed by atoms with E-state index in [9.17, 15) is 13.2 Å². The molecule has 0 bridgehead atoms. The molecule has 0 aliphatic carbocycles. The molecule has 0 amide bonds. The van der Waals surface area contributed by atoms with Crippen LogP contribution >= 0.6 is 11.6 Å². The third-order valence-corrected chi connectivity index (χ3v) is 2.83. The van der Waals surface area contributed by atoms with Crippen LogP contribution < -0.4 is 5.73 Å². The lowest BCUT2D eigenvalue weighted by Gasteiger charge is -2.08. The van der Waals surface area contributed by atoms with Gasteiger partial charge in [0, 0.05) is 17.6 Å². The highest BCUT2D eigenvalue weighted by Crippen LogP contribution is 2.41. The second-order valence-electron chi connectivity index (χ2n) is 3.71. The van der Waals surface area contributed by atoms with Crippen molar-refractivity contribution in [2.75, 3.05) is 5.73 Å². The summed E-state index contributed by atoms with van der Waals surface area (Å²) in [6.45, 7) is 0. The molecule has 1 aromatic carbocycles. The maximum Gasteiger partial charge on any atom is 0.435 e. The van der Waals surface area contributed by atoms with Gasteiger partial charge in [-0.1, -0.05) is 29.8 Å². The van der Waals surface area contributed by atoms with Crippen LogP contribution in [0.25, 0.3) is 11.1 Å². The topological polar surface area (TPSA) is 43.8 Å². The van der Waals surface area contributed by atoms with Crippen molar-refractivity contribution in [2.24, 2.45) is 7.05 Å². The Morgan fingerprint density at radius 1 is 1.28 bits per heavy atom. The zero-order valence-corrected chi connectivity index (χ0v) is 10.0. The molecule has 7 heteroatoms. The van der Waals surface area contributed by atoms with Crippen molar-refractivity contribution in [1.29, 1.82) is 0 Å². The van der Waals surface area contributed by atoms with Crippen LogP contribution in [0, 0.1) is 0 Å². The van der Waals surface area contributed by atoms with Gasteiger partial charge in [-0.2, -0.15) is 18.3 Å². The second kappa shape index (κ2) is 4.20. The molecule has 1 aromatic heterocycles. The fourth-order valence-electron chi connectivity index (χ4n) is 1.66. The predicted octanol–water partition coefficient (Wildman–Crippen LogP) is 3.34. The minimum absolute atomic E-state index is 0.0737. The van der Waals surface area contributed by atoms with Crippen LogP contribution in [0.3, 0.4) is 0 Å². The SMILES string of the molecule is Cn1nc(C(F)(F)F)c(-c2ccccc2Cl)c1N. The Morgan fingerprint density at radius 2 is 1.89 bits per heavy atom. The lowest BCUT2D eigenvalue weighted by molar-refractivity contribution is -0.140. The Hall–Kier alpha value is -1.69. The molecule has 0 spiro atoms. The molecular formula is C11H9ClF3N3. The molecule has 2 rings (SSSR count). The number of alkyl halides is 3. The Morgan fingerprint density at radius 3 is 2.44 bits per heavy atom. The molecule has 1 heterocycles. The van der Waals surface area contributed by atoms with Crippen molar-refractivity contribution in [1.82, 2.24) is 9.78 Å². The summed E-state index contributed by atoms with van der Waals surface area (Å²) >= 11 is 5.90. The number of hydrogen-bond acceptors (Lipinski definition) is 2. The first-order valence-electron chi connectivity index (χ1n) is 4.97. The molecule has 0 atom stereocenters. The van der Waals surface area contributed by atoms with E-state index in [2.05, 4.69) is 5.10 Å². The summed E-state index contributed by atoms with van der Waals surface area (Å²) in [4.78, 5) is 0. The van der Waals surface area contributed by atoms with Crippen LogP contribution in [0.1, 0.15) is 5.69 Å². The van der Waals surface area contributed by atoms with Crippen molar-refractivity contribution in [2.45, 2.75) is 6.18 Å². The molecule has 18 heavy (non-hydrogen) atoms. The fraction of sp³-hybridized carbons (Fsp3) is 0.182. The average Bonchev–Trinajstić information content (AvgIpc) is 2.57. The molecule has 0 radical (unpaired) electrons. The fourth-order valence-corrected chi connectivity index (χ4v) is 1.90. The molecule has 2 aromatic rings. The molecule has 2 N–H and O–H groups in total.